The lowest BCUT2D eigenvalue weighted by Crippen LogP contribution is -2.34. The number of ether oxygens (including phenoxy) is 2. The largest absolute Gasteiger partial charge is 0.489 e. The van der Waals surface area contributed by atoms with Gasteiger partial charge < -0.3 is 19.9 Å². The van der Waals surface area contributed by atoms with E-state index in [9.17, 15) is 9.90 Å². The van der Waals surface area contributed by atoms with E-state index in [4.69, 9.17) is 21.6 Å². The molecule has 1 amide bonds. The number of amides is 1. The van der Waals surface area contributed by atoms with Crippen LogP contribution in [-0.4, -0.2) is 31.0 Å². The molecule has 0 aromatic heterocycles. The van der Waals surface area contributed by atoms with Crippen LogP contribution in [-0.2, 0) is 11.3 Å². The van der Waals surface area contributed by atoms with E-state index in [1.807, 2.05) is 72.8 Å². The smallest absolute Gasteiger partial charge is 0.407 e. The lowest BCUT2D eigenvalue weighted by atomic mass is 9.90. The summed E-state index contributed by atoms with van der Waals surface area (Å²) in [6.07, 6.45) is 2.42. The highest BCUT2D eigenvalue weighted by atomic mass is 35.5. The van der Waals surface area contributed by atoms with E-state index in [1.165, 1.54) is 7.11 Å². The number of rotatable bonds is 14. The van der Waals surface area contributed by atoms with E-state index in [-0.39, 0.29) is 25.0 Å². The Morgan fingerprint density at radius 2 is 1.82 bits per heavy atom. The molecule has 0 aliphatic heterocycles. The zero-order valence-electron chi connectivity index (χ0n) is 21.4. The minimum absolute atomic E-state index is 0.0465. The molecule has 2 unspecified atom stereocenters. The van der Waals surface area contributed by atoms with Gasteiger partial charge in [0.15, 0.2) is 0 Å². The summed E-state index contributed by atoms with van der Waals surface area (Å²) >= 11 is 8.46. The van der Waals surface area contributed by atoms with Gasteiger partial charge in [-0.2, -0.15) is 5.26 Å². The Hall–Kier alpha value is -3.18. The van der Waals surface area contributed by atoms with E-state index >= 15 is 0 Å². The summed E-state index contributed by atoms with van der Waals surface area (Å²) in [4.78, 5) is 13.5. The molecule has 6 nitrogen and oxygen atoms in total. The molecule has 0 saturated heterocycles. The summed E-state index contributed by atoms with van der Waals surface area (Å²) in [6, 6.07) is 25.8. The fourth-order valence-electron chi connectivity index (χ4n) is 4.18. The van der Waals surface area contributed by atoms with Crippen LogP contribution in [0.15, 0.2) is 82.6 Å². The molecule has 0 bridgehead atoms. The van der Waals surface area contributed by atoms with Crippen LogP contribution in [0.25, 0.3) is 0 Å². The Labute approximate surface area is 233 Å². The summed E-state index contributed by atoms with van der Waals surface area (Å²) in [5, 5.41) is 22.2. The molecule has 0 saturated carbocycles. The predicted octanol–water partition coefficient (Wildman–Crippen LogP) is 7.34. The van der Waals surface area contributed by atoms with Crippen molar-refractivity contribution in [1.29, 1.82) is 5.26 Å². The Bertz CT molecular complexity index is 1190. The average molecular weight is 553 g/mol. The zero-order chi connectivity index (χ0) is 27.2. The lowest BCUT2D eigenvalue weighted by Gasteiger charge is -2.21. The van der Waals surface area contributed by atoms with E-state index < -0.39 is 6.09 Å². The number of aliphatic hydroxyl groups excluding tert-OH is 1. The summed E-state index contributed by atoms with van der Waals surface area (Å²) < 4.78 is 10.5. The van der Waals surface area contributed by atoms with E-state index in [0.29, 0.717) is 24.5 Å². The first-order chi connectivity index (χ1) is 18.5. The van der Waals surface area contributed by atoms with Gasteiger partial charge in [0.1, 0.15) is 12.4 Å². The molecule has 200 valence electrons. The number of halogens is 1. The number of methoxy groups -OCH3 is 1. The first-order valence-electron chi connectivity index (χ1n) is 12.6. The maximum Gasteiger partial charge on any atom is 0.407 e. The summed E-state index contributed by atoms with van der Waals surface area (Å²) in [5.41, 5.74) is 2.11. The SMILES string of the molecule is COC(=O)NC(CC#N)CCCC(CCO)c1cccc(Sc2ccc(OCc3ccccc3)cc2)c1Cl. The fraction of sp³-hybridized carbons (Fsp3) is 0.333. The van der Waals surface area contributed by atoms with Gasteiger partial charge in [-0.3, -0.25) is 0 Å². The Kier molecular flexibility index (Phi) is 12.3. The molecule has 8 heteroatoms. The third-order valence-corrected chi connectivity index (χ3v) is 7.76. The van der Waals surface area contributed by atoms with Crippen LogP contribution >= 0.6 is 23.4 Å². The average Bonchev–Trinajstić information content (AvgIpc) is 2.94. The molecule has 0 aliphatic carbocycles. The normalized spacial score (nSPS) is 12.3. The van der Waals surface area contributed by atoms with Crippen molar-refractivity contribution in [3.05, 3.63) is 88.9 Å². The highest BCUT2D eigenvalue weighted by molar-refractivity contribution is 7.99. The standard InChI is InChI=1S/C30H33ClN2O4S/c1-36-30(35)33-24(17-19-32)10-5-9-23(18-20-34)27-11-6-12-28(29(27)31)38-26-15-13-25(14-16-26)37-21-22-7-3-2-4-8-22/h2-4,6-8,11-16,23-24,34H,5,9-10,17-18,20-21H2,1H3,(H,33,35). The van der Waals surface area contributed by atoms with Crippen molar-refractivity contribution in [2.75, 3.05) is 13.7 Å². The van der Waals surface area contributed by atoms with Crippen molar-refractivity contribution in [2.45, 2.75) is 60.5 Å². The third kappa shape index (κ3) is 9.29. The highest BCUT2D eigenvalue weighted by Gasteiger charge is 2.19. The molecule has 3 aromatic rings. The van der Waals surface area contributed by atoms with E-state index in [1.54, 1.807) is 11.8 Å². The number of nitrogens with zero attached hydrogens (tertiary/aromatic N) is 1. The Morgan fingerprint density at radius 3 is 2.50 bits per heavy atom. The maximum absolute atomic E-state index is 11.6. The van der Waals surface area contributed by atoms with Gasteiger partial charge in [-0.25, -0.2) is 4.79 Å². The van der Waals surface area contributed by atoms with Crippen LogP contribution in [0.1, 0.15) is 49.1 Å². The molecular weight excluding hydrogens is 520 g/mol. The zero-order valence-corrected chi connectivity index (χ0v) is 23.0. The van der Waals surface area contributed by atoms with Crippen LogP contribution in [0.3, 0.4) is 0 Å². The number of alkyl carbamates (subject to hydrolysis) is 1. The van der Waals surface area contributed by atoms with Crippen molar-refractivity contribution in [1.82, 2.24) is 5.32 Å². The number of benzene rings is 3. The van der Waals surface area contributed by atoms with Gasteiger partial charge in [0.2, 0.25) is 0 Å². The van der Waals surface area contributed by atoms with Crippen molar-refractivity contribution < 1.29 is 19.4 Å². The topological polar surface area (TPSA) is 91.6 Å². The summed E-state index contributed by atoms with van der Waals surface area (Å²) in [5.74, 6) is 0.861. The van der Waals surface area contributed by atoms with Gasteiger partial charge in [0.25, 0.3) is 0 Å². The second-order valence-corrected chi connectivity index (χ2v) is 10.3. The van der Waals surface area contributed by atoms with E-state index in [0.717, 1.165) is 39.5 Å². The molecule has 0 aliphatic rings. The number of carbonyl (C=O) groups is 1. The van der Waals surface area contributed by atoms with Gasteiger partial charge in [-0.05, 0) is 66.6 Å². The molecule has 3 rings (SSSR count). The Balaban J connectivity index is 1.62. The van der Waals surface area contributed by atoms with Crippen LogP contribution in [0.5, 0.6) is 5.75 Å². The molecule has 0 heterocycles. The Morgan fingerprint density at radius 1 is 1.05 bits per heavy atom. The monoisotopic (exact) mass is 552 g/mol. The fourth-order valence-corrected chi connectivity index (χ4v) is 5.45. The van der Waals surface area contributed by atoms with Gasteiger partial charge in [0.05, 0.1) is 24.6 Å². The first-order valence-corrected chi connectivity index (χ1v) is 13.8. The number of nitrogens with one attached hydrogen (secondary N) is 1. The van der Waals surface area contributed by atoms with Crippen LogP contribution in [0.4, 0.5) is 4.79 Å². The number of aliphatic hydroxyl groups is 1. The second-order valence-electron chi connectivity index (χ2n) is 8.84. The molecule has 2 N–H and O–H groups in total. The highest BCUT2D eigenvalue weighted by Crippen LogP contribution is 2.40. The first kappa shape index (κ1) is 29.4. The van der Waals surface area contributed by atoms with Crippen LogP contribution in [0, 0.1) is 11.3 Å². The van der Waals surface area contributed by atoms with Gasteiger partial charge in [-0.15, -0.1) is 0 Å². The quantitative estimate of drug-likeness (QED) is 0.217. The lowest BCUT2D eigenvalue weighted by molar-refractivity contribution is 0.165. The van der Waals surface area contributed by atoms with Gasteiger partial charge in [-0.1, -0.05) is 72.2 Å². The second kappa shape index (κ2) is 15.9. The maximum atomic E-state index is 11.6. The van der Waals surface area contributed by atoms with E-state index in [2.05, 4.69) is 16.1 Å². The summed E-state index contributed by atoms with van der Waals surface area (Å²) in [6.45, 7) is 0.564. The number of hydrogen-bond acceptors (Lipinski definition) is 6. The van der Waals surface area contributed by atoms with Gasteiger partial charge in [0, 0.05) is 22.4 Å². The molecule has 0 fully saturated rings. The number of carbonyl (C=O) groups excluding carboxylic acids is 1. The number of hydrogen-bond donors (Lipinski definition) is 2. The molecule has 3 aromatic carbocycles. The van der Waals surface area contributed by atoms with Crippen molar-refractivity contribution in [2.24, 2.45) is 0 Å². The minimum atomic E-state index is -0.541. The van der Waals surface area contributed by atoms with Gasteiger partial charge >= 0.3 is 6.09 Å². The molecule has 0 spiro atoms. The molecule has 0 radical (unpaired) electrons. The minimum Gasteiger partial charge on any atom is -0.489 e. The summed E-state index contributed by atoms with van der Waals surface area (Å²) in [7, 11) is 1.30. The van der Waals surface area contributed by atoms with Crippen molar-refractivity contribution in [3.63, 3.8) is 0 Å². The molecular formula is C30H33ClN2O4S. The third-order valence-electron chi connectivity index (χ3n) is 6.16. The van der Waals surface area contributed by atoms with Crippen molar-refractivity contribution in [3.8, 4) is 11.8 Å². The molecule has 38 heavy (non-hydrogen) atoms. The molecule has 2 atom stereocenters. The van der Waals surface area contributed by atoms with Crippen molar-refractivity contribution >= 4 is 29.5 Å². The van der Waals surface area contributed by atoms with Crippen LogP contribution in [0.2, 0.25) is 5.02 Å². The predicted molar refractivity (Wildman–Crippen MR) is 151 cm³/mol. The number of nitriles is 1. The van der Waals surface area contributed by atoms with Crippen LogP contribution < -0.4 is 10.1 Å².